The number of nitrogens with zero attached hydrogens (tertiary/aromatic N) is 1. The van der Waals surface area contributed by atoms with E-state index in [1.807, 2.05) is 23.1 Å². The molecule has 2 unspecified atom stereocenters. The third-order valence-electron chi connectivity index (χ3n) is 5.42. The molecule has 0 aliphatic carbocycles. The van der Waals surface area contributed by atoms with E-state index in [9.17, 15) is 4.79 Å². The van der Waals surface area contributed by atoms with Crippen LogP contribution in [0.5, 0.6) is 11.5 Å². The Morgan fingerprint density at radius 2 is 2.25 bits per heavy atom. The topological polar surface area (TPSA) is 62.8 Å². The minimum absolute atomic E-state index is 0.0298. The third kappa shape index (κ3) is 3.15. The van der Waals surface area contributed by atoms with Gasteiger partial charge in [-0.1, -0.05) is 12.1 Å². The number of nitrogens with one attached hydrogen (secondary N) is 2. The van der Waals surface area contributed by atoms with E-state index in [2.05, 4.69) is 10.6 Å². The molecule has 3 heterocycles. The number of piperidine rings is 1. The second kappa shape index (κ2) is 6.89. The summed E-state index contributed by atoms with van der Waals surface area (Å²) in [6.45, 7) is 4.68. The van der Waals surface area contributed by atoms with Crippen LogP contribution < -0.4 is 20.1 Å². The Morgan fingerprint density at radius 3 is 3.12 bits per heavy atom. The van der Waals surface area contributed by atoms with Crippen molar-refractivity contribution >= 4 is 6.03 Å². The van der Waals surface area contributed by atoms with Gasteiger partial charge in [0.15, 0.2) is 11.5 Å². The van der Waals surface area contributed by atoms with Crippen molar-refractivity contribution in [1.82, 2.24) is 15.5 Å². The van der Waals surface area contributed by atoms with Crippen molar-refractivity contribution < 1.29 is 14.3 Å². The van der Waals surface area contributed by atoms with Gasteiger partial charge in [0.1, 0.15) is 0 Å². The van der Waals surface area contributed by atoms with Crippen molar-refractivity contribution in [2.75, 3.05) is 33.0 Å². The molecule has 0 radical (unpaired) electrons. The summed E-state index contributed by atoms with van der Waals surface area (Å²) in [5.41, 5.74) is 0.965. The monoisotopic (exact) mass is 331 g/mol. The Labute approximate surface area is 142 Å². The largest absolute Gasteiger partial charge is 0.454 e. The molecule has 4 rings (SSSR count). The highest BCUT2D eigenvalue weighted by molar-refractivity contribution is 5.74. The Kier molecular flexibility index (Phi) is 4.47. The fourth-order valence-corrected chi connectivity index (χ4v) is 4.07. The zero-order valence-electron chi connectivity index (χ0n) is 13.9. The first-order valence-corrected chi connectivity index (χ1v) is 8.92. The standard InChI is InChI=1S/C18H25N3O3/c22-18(20-10-14-3-1-5-16-17(14)24-12-23-16)21-8-2-4-15(11-21)13-6-7-19-9-13/h1,3,5,13,15,19H,2,4,6-12H2,(H,20,22). The molecule has 2 saturated heterocycles. The predicted molar refractivity (Wildman–Crippen MR) is 90.1 cm³/mol. The summed E-state index contributed by atoms with van der Waals surface area (Å²) in [6.07, 6.45) is 3.59. The molecular weight excluding hydrogens is 306 g/mol. The number of para-hydroxylation sites is 1. The third-order valence-corrected chi connectivity index (χ3v) is 5.42. The Morgan fingerprint density at radius 1 is 1.29 bits per heavy atom. The lowest BCUT2D eigenvalue weighted by Gasteiger charge is -2.35. The van der Waals surface area contributed by atoms with Crippen molar-refractivity contribution in [1.29, 1.82) is 0 Å². The smallest absolute Gasteiger partial charge is 0.317 e. The van der Waals surface area contributed by atoms with Gasteiger partial charge in [0.25, 0.3) is 0 Å². The van der Waals surface area contributed by atoms with Crippen LogP contribution in [0.15, 0.2) is 18.2 Å². The van der Waals surface area contributed by atoms with Crippen LogP contribution in [0, 0.1) is 11.8 Å². The molecule has 3 aliphatic rings. The first-order valence-electron chi connectivity index (χ1n) is 8.92. The van der Waals surface area contributed by atoms with Crippen LogP contribution in [-0.2, 0) is 6.54 Å². The van der Waals surface area contributed by atoms with Crippen LogP contribution in [-0.4, -0.2) is 43.9 Å². The van der Waals surface area contributed by atoms with Crippen molar-refractivity contribution in [3.8, 4) is 11.5 Å². The molecule has 130 valence electrons. The number of likely N-dealkylation sites (tertiary alicyclic amines) is 1. The number of hydrogen-bond donors (Lipinski definition) is 2. The first kappa shape index (κ1) is 15.6. The summed E-state index contributed by atoms with van der Waals surface area (Å²) in [5, 5.41) is 6.48. The van der Waals surface area contributed by atoms with Crippen molar-refractivity contribution in [2.24, 2.45) is 11.8 Å². The highest BCUT2D eigenvalue weighted by Crippen LogP contribution is 2.35. The molecular formula is C18H25N3O3. The van der Waals surface area contributed by atoms with Gasteiger partial charge in [0.2, 0.25) is 6.79 Å². The van der Waals surface area contributed by atoms with Gasteiger partial charge in [-0.3, -0.25) is 0 Å². The van der Waals surface area contributed by atoms with Crippen molar-refractivity contribution in [2.45, 2.75) is 25.8 Å². The zero-order chi connectivity index (χ0) is 16.4. The normalized spacial score (nSPS) is 25.8. The molecule has 0 bridgehead atoms. The maximum Gasteiger partial charge on any atom is 0.317 e. The summed E-state index contributed by atoms with van der Waals surface area (Å²) in [4.78, 5) is 14.5. The highest BCUT2D eigenvalue weighted by atomic mass is 16.7. The molecule has 1 aromatic rings. The van der Waals surface area contributed by atoms with Crippen LogP contribution in [0.2, 0.25) is 0 Å². The number of benzene rings is 1. The van der Waals surface area contributed by atoms with Gasteiger partial charge in [-0.15, -0.1) is 0 Å². The van der Waals surface area contributed by atoms with Crippen molar-refractivity contribution in [3.05, 3.63) is 23.8 Å². The van der Waals surface area contributed by atoms with E-state index in [-0.39, 0.29) is 12.8 Å². The molecule has 2 N–H and O–H groups in total. The van der Waals surface area contributed by atoms with E-state index in [1.165, 1.54) is 12.8 Å². The molecule has 2 atom stereocenters. The SMILES string of the molecule is O=C(NCc1cccc2c1OCO2)N1CCCC(C2CCNC2)C1. The fraction of sp³-hybridized carbons (Fsp3) is 0.611. The molecule has 6 heteroatoms. The second-order valence-electron chi connectivity index (χ2n) is 6.91. The molecule has 0 spiro atoms. The lowest BCUT2D eigenvalue weighted by atomic mass is 9.85. The Bertz CT molecular complexity index is 601. The number of ether oxygens (including phenoxy) is 2. The number of rotatable bonds is 3. The van der Waals surface area contributed by atoms with Crippen LogP contribution >= 0.6 is 0 Å². The number of amides is 2. The van der Waals surface area contributed by atoms with Gasteiger partial charge in [-0.05, 0) is 50.3 Å². The number of hydrogen-bond acceptors (Lipinski definition) is 4. The van der Waals surface area contributed by atoms with Gasteiger partial charge in [-0.25, -0.2) is 4.79 Å². The molecule has 0 saturated carbocycles. The quantitative estimate of drug-likeness (QED) is 0.889. The van der Waals surface area contributed by atoms with E-state index in [0.29, 0.717) is 12.5 Å². The second-order valence-corrected chi connectivity index (χ2v) is 6.91. The zero-order valence-corrected chi connectivity index (χ0v) is 13.9. The average Bonchev–Trinajstić information content (AvgIpc) is 3.31. The number of carbonyl (C=O) groups is 1. The fourth-order valence-electron chi connectivity index (χ4n) is 4.07. The van der Waals surface area contributed by atoms with E-state index in [0.717, 1.165) is 55.6 Å². The van der Waals surface area contributed by atoms with Crippen LogP contribution in [0.1, 0.15) is 24.8 Å². The minimum atomic E-state index is 0.0298. The summed E-state index contributed by atoms with van der Waals surface area (Å²) in [6, 6.07) is 5.82. The van der Waals surface area contributed by atoms with E-state index in [4.69, 9.17) is 9.47 Å². The first-order chi connectivity index (χ1) is 11.8. The molecule has 24 heavy (non-hydrogen) atoms. The molecule has 1 aromatic carbocycles. The Balaban J connectivity index is 1.33. The van der Waals surface area contributed by atoms with Crippen molar-refractivity contribution in [3.63, 3.8) is 0 Å². The van der Waals surface area contributed by atoms with Gasteiger partial charge in [0, 0.05) is 25.2 Å². The molecule has 2 amide bonds. The van der Waals surface area contributed by atoms with Crippen LogP contribution in [0.25, 0.3) is 0 Å². The molecule has 3 aliphatic heterocycles. The summed E-state index contributed by atoms with van der Waals surface area (Å²) in [5.74, 6) is 2.88. The van der Waals surface area contributed by atoms with E-state index < -0.39 is 0 Å². The molecule has 2 fully saturated rings. The summed E-state index contributed by atoms with van der Waals surface area (Å²) in [7, 11) is 0. The highest BCUT2D eigenvalue weighted by Gasteiger charge is 2.31. The molecule has 0 aromatic heterocycles. The van der Waals surface area contributed by atoms with Crippen LogP contribution in [0.4, 0.5) is 4.79 Å². The number of carbonyl (C=O) groups excluding carboxylic acids is 1. The summed E-state index contributed by atoms with van der Waals surface area (Å²) >= 11 is 0. The van der Waals surface area contributed by atoms with Gasteiger partial charge >= 0.3 is 6.03 Å². The number of urea groups is 1. The van der Waals surface area contributed by atoms with E-state index >= 15 is 0 Å². The number of fused-ring (bicyclic) bond motifs is 1. The lowest BCUT2D eigenvalue weighted by Crippen LogP contribution is -2.46. The maximum absolute atomic E-state index is 12.6. The predicted octanol–water partition coefficient (Wildman–Crippen LogP) is 1.95. The summed E-state index contributed by atoms with van der Waals surface area (Å²) < 4.78 is 10.9. The molecule has 6 nitrogen and oxygen atoms in total. The minimum Gasteiger partial charge on any atom is -0.454 e. The maximum atomic E-state index is 12.6. The van der Waals surface area contributed by atoms with Gasteiger partial charge in [-0.2, -0.15) is 0 Å². The Hall–Kier alpha value is -1.95. The van der Waals surface area contributed by atoms with Gasteiger partial charge < -0.3 is 25.0 Å². The average molecular weight is 331 g/mol. The lowest BCUT2D eigenvalue weighted by molar-refractivity contribution is 0.145. The van der Waals surface area contributed by atoms with E-state index in [1.54, 1.807) is 0 Å². The van der Waals surface area contributed by atoms with Crippen LogP contribution in [0.3, 0.4) is 0 Å². The van der Waals surface area contributed by atoms with Gasteiger partial charge in [0.05, 0.1) is 0 Å².